The third-order valence-electron chi connectivity index (χ3n) is 2.80. The third kappa shape index (κ3) is 1.76. The number of hydrogen-bond donors (Lipinski definition) is 1. The summed E-state index contributed by atoms with van der Waals surface area (Å²) in [5.41, 5.74) is 2.19. The molecule has 0 unspecified atom stereocenters. The van der Waals surface area contributed by atoms with Crippen molar-refractivity contribution >= 4 is 16.7 Å². The predicted molar refractivity (Wildman–Crippen MR) is 70.4 cm³/mol. The van der Waals surface area contributed by atoms with Gasteiger partial charge in [0.05, 0.1) is 5.52 Å². The van der Waals surface area contributed by atoms with E-state index in [-0.39, 0.29) is 0 Å². The highest BCUT2D eigenvalue weighted by Crippen LogP contribution is 2.23. The molecule has 0 saturated heterocycles. The average molecular weight is 223 g/mol. The summed E-state index contributed by atoms with van der Waals surface area (Å²) in [5.74, 6) is 0.970. The van der Waals surface area contributed by atoms with Crippen LogP contribution in [0.1, 0.15) is 5.56 Å². The van der Waals surface area contributed by atoms with Crippen LogP contribution < -0.4 is 10.2 Å². The highest BCUT2D eigenvalue weighted by molar-refractivity contribution is 5.82. The molecule has 2 aromatic rings. The first-order valence-electron chi connectivity index (χ1n) is 5.59. The summed E-state index contributed by atoms with van der Waals surface area (Å²) in [5, 5.41) is 4.19. The molecule has 3 rings (SSSR count). The Morgan fingerprint density at radius 2 is 1.88 bits per heavy atom. The van der Waals surface area contributed by atoms with E-state index in [1.165, 1.54) is 10.9 Å². The fraction of sp³-hybridized carbons (Fsp3) is 0.0714. The zero-order chi connectivity index (χ0) is 11.7. The van der Waals surface area contributed by atoms with Crippen LogP contribution in [0, 0.1) is 6.92 Å². The van der Waals surface area contributed by atoms with Crippen molar-refractivity contribution in [1.82, 2.24) is 10.3 Å². The molecule has 0 radical (unpaired) electrons. The molecule has 1 aliphatic rings. The van der Waals surface area contributed by atoms with Crippen LogP contribution in [0.4, 0.5) is 5.82 Å². The number of aryl methyl sites for hydroxylation is 1. The van der Waals surface area contributed by atoms with Gasteiger partial charge in [0.15, 0.2) is 0 Å². The minimum Gasteiger partial charge on any atom is -0.365 e. The van der Waals surface area contributed by atoms with Gasteiger partial charge in [0.25, 0.3) is 0 Å². The molecule has 17 heavy (non-hydrogen) atoms. The van der Waals surface area contributed by atoms with Gasteiger partial charge in [-0.1, -0.05) is 18.2 Å². The Morgan fingerprint density at radius 1 is 1.12 bits per heavy atom. The average Bonchev–Trinajstić information content (AvgIpc) is 2.39. The third-order valence-corrected chi connectivity index (χ3v) is 2.80. The Morgan fingerprint density at radius 3 is 2.71 bits per heavy atom. The van der Waals surface area contributed by atoms with Gasteiger partial charge in [-0.2, -0.15) is 0 Å². The molecule has 0 bridgehead atoms. The Hall–Kier alpha value is -2.29. The first-order valence-corrected chi connectivity index (χ1v) is 5.59. The number of rotatable bonds is 1. The van der Waals surface area contributed by atoms with Crippen molar-refractivity contribution in [3.8, 4) is 0 Å². The molecule has 0 aliphatic carbocycles. The van der Waals surface area contributed by atoms with E-state index in [2.05, 4.69) is 24.4 Å². The molecule has 1 N–H and O–H groups in total. The molecule has 84 valence electrons. The topological polar surface area (TPSA) is 28.2 Å². The molecule has 1 aromatic heterocycles. The molecule has 0 saturated carbocycles. The molecule has 1 aliphatic heterocycles. The summed E-state index contributed by atoms with van der Waals surface area (Å²) in [6.07, 6.45) is 7.70. The van der Waals surface area contributed by atoms with Gasteiger partial charge >= 0.3 is 0 Å². The largest absolute Gasteiger partial charge is 0.365 e. The summed E-state index contributed by atoms with van der Waals surface area (Å²) in [7, 11) is 0. The molecule has 1 aromatic carbocycles. The lowest BCUT2D eigenvalue weighted by Crippen LogP contribution is -2.16. The van der Waals surface area contributed by atoms with Gasteiger partial charge in [-0.25, -0.2) is 4.98 Å². The summed E-state index contributed by atoms with van der Waals surface area (Å²) in [6.45, 7) is 2.08. The van der Waals surface area contributed by atoms with Crippen molar-refractivity contribution in [1.29, 1.82) is 0 Å². The summed E-state index contributed by atoms with van der Waals surface area (Å²) >= 11 is 0. The van der Waals surface area contributed by atoms with Crippen LogP contribution in [0.2, 0.25) is 0 Å². The summed E-state index contributed by atoms with van der Waals surface area (Å²) < 4.78 is 0. The second kappa shape index (κ2) is 3.94. The number of hydrogen-bond acceptors (Lipinski definition) is 3. The molecule has 3 heteroatoms. The number of aromatic nitrogens is 1. The van der Waals surface area contributed by atoms with E-state index >= 15 is 0 Å². The van der Waals surface area contributed by atoms with Crippen molar-refractivity contribution < 1.29 is 0 Å². The number of para-hydroxylation sites is 1. The Balaban J connectivity index is 2.15. The van der Waals surface area contributed by atoms with Crippen LogP contribution in [0.15, 0.2) is 55.1 Å². The second-order valence-corrected chi connectivity index (χ2v) is 4.03. The van der Waals surface area contributed by atoms with Gasteiger partial charge in [0.1, 0.15) is 5.82 Å². The zero-order valence-electron chi connectivity index (χ0n) is 9.59. The fourth-order valence-electron chi connectivity index (χ4n) is 1.97. The van der Waals surface area contributed by atoms with Crippen LogP contribution in [0.25, 0.3) is 10.9 Å². The maximum absolute atomic E-state index is 4.69. The van der Waals surface area contributed by atoms with E-state index in [0.717, 1.165) is 11.3 Å². The molecule has 0 fully saturated rings. The predicted octanol–water partition coefficient (Wildman–Crippen LogP) is 2.90. The smallest absolute Gasteiger partial charge is 0.140 e. The quantitative estimate of drug-likeness (QED) is 0.805. The highest BCUT2D eigenvalue weighted by Gasteiger charge is 2.08. The molecular weight excluding hydrogens is 210 g/mol. The molecular formula is C14H13N3. The summed E-state index contributed by atoms with van der Waals surface area (Å²) in [4.78, 5) is 6.71. The molecule has 0 spiro atoms. The van der Waals surface area contributed by atoms with Gasteiger partial charge in [-0.05, 0) is 24.6 Å². The second-order valence-electron chi connectivity index (χ2n) is 4.03. The lowest BCUT2D eigenvalue weighted by Gasteiger charge is -2.19. The Bertz CT molecular complexity index is 602. The van der Waals surface area contributed by atoms with E-state index in [4.69, 9.17) is 4.98 Å². The van der Waals surface area contributed by atoms with Gasteiger partial charge in [-0.3, -0.25) is 0 Å². The minimum absolute atomic E-state index is 0.970. The number of pyridine rings is 1. The first kappa shape index (κ1) is 9.90. The van der Waals surface area contributed by atoms with Crippen LogP contribution >= 0.6 is 0 Å². The SMILES string of the molecule is Cc1cc2ccccc2nc1N1C=CNC=C1. The van der Waals surface area contributed by atoms with E-state index < -0.39 is 0 Å². The Labute approximate surface area is 100 Å². The lowest BCUT2D eigenvalue weighted by molar-refractivity contribution is 1.06. The van der Waals surface area contributed by atoms with Gasteiger partial charge in [0, 0.05) is 30.2 Å². The van der Waals surface area contributed by atoms with Gasteiger partial charge in [0.2, 0.25) is 0 Å². The molecule has 3 nitrogen and oxygen atoms in total. The maximum Gasteiger partial charge on any atom is 0.140 e. The molecule has 2 heterocycles. The molecule has 0 amide bonds. The van der Waals surface area contributed by atoms with Crippen molar-refractivity contribution in [3.63, 3.8) is 0 Å². The van der Waals surface area contributed by atoms with E-state index in [1.54, 1.807) is 0 Å². The first-order chi connectivity index (χ1) is 8.34. The zero-order valence-corrected chi connectivity index (χ0v) is 9.59. The Kier molecular flexibility index (Phi) is 2.29. The minimum atomic E-state index is 0.970. The number of benzene rings is 1. The monoisotopic (exact) mass is 223 g/mol. The number of fused-ring (bicyclic) bond motifs is 1. The number of anilines is 1. The van der Waals surface area contributed by atoms with Crippen molar-refractivity contribution in [2.75, 3.05) is 4.90 Å². The number of nitrogens with one attached hydrogen (secondary N) is 1. The van der Waals surface area contributed by atoms with Crippen molar-refractivity contribution in [2.45, 2.75) is 6.92 Å². The van der Waals surface area contributed by atoms with E-state index in [0.29, 0.717) is 0 Å². The van der Waals surface area contributed by atoms with Crippen molar-refractivity contribution in [3.05, 3.63) is 60.7 Å². The van der Waals surface area contributed by atoms with Crippen LogP contribution in [-0.4, -0.2) is 4.98 Å². The van der Waals surface area contributed by atoms with Gasteiger partial charge < -0.3 is 10.2 Å². The number of nitrogens with zero attached hydrogens (tertiary/aromatic N) is 2. The van der Waals surface area contributed by atoms with Crippen LogP contribution in [-0.2, 0) is 0 Å². The lowest BCUT2D eigenvalue weighted by atomic mass is 10.1. The van der Waals surface area contributed by atoms with Crippen LogP contribution in [0.3, 0.4) is 0 Å². The van der Waals surface area contributed by atoms with Crippen LogP contribution in [0.5, 0.6) is 0 Å². The maximum atomic E-state index is 4.69. The summed E-state index contributed by atoms with van der Waals surface area (Å²) in [6, 6.07) is 10.3. The standard InChI is InChI=1S/C14H13N3/c1-11-10-12-4-2-3-5-13(12)16-14(11)17-8-6-15-7-9-17/h2-10,15H,1H3. The van der Waals surface area contributed by atoms with E-state index in [1.807, 2.05) is 47.9 Å². The van der Waals surface area contributed by atoms with E-state index in [9.17, 15) is 0 Å². The van der Waals surface area contributed by atoms with Gasteiger partial charge in [-0.15, -0.1) is 0 Å². The fourth-order valence-corrected chi connectivity index (χ4v) is 1.97. The molecule has 0 atom stereocenters. The highest BCUT2D eigenvalue weighted by atomic mass is 15.2. The van der Waals surface area contributed by atoms with Crippen molar-refractivity contribution in [2.24, 2.45) is 0 Å². The normalized spacial score (nSPS) is 14.1.